The van der Waals surface area contributed by atoms with Gasteiger partial charge in [-0.3, -0.25) is 4.79 Å². The number of nitrogens with zero attached hydrogens (tertiary/aromatic N) is 5. The lowest BCUT2D eigenvalue weighted by Gasteiger charge is -2.30. The first-order valence-electron chi connectivity index (χ1n) is 16.8. The number of ether oxygens (including phenoxy) is 2. The molecule has 6 rings (SSSR count). The number of amides is 2. The summed E-state index contributed by atoms with van der Waals surface area (Å²) >= 11 is 0. The van der Waals surface area contributed by atoms with Crippen LogP contribution in [-0.2, 0) is 26.7 Å². The zero-order chi connectivity index (χ0) is 36.9. The molecule has 2 atom stereocenters. The number of hydrogen-bond donors (Lipinski definition) is 1. The first kappa shape index (κ1) is 36.0. The molecule has 3 aromatic rings. The number of allylic oxidation sites excluding steroid dienone is 2. The summed E-state index contributed by atoms with van der Waals surface area (Å²) in [6, 6.07) is 11.5. The smallest absolute Gasteiger partial charge is 0.408 e. The van der Waals surface area contributed by atoms with Crippen molar-refractivity contribution in [2.75, 3.05) is 12.0 Å². The molecular weight excluding hydrogens is 665 g/mol. The number of alkyl carbamates (subject to hydrolysis) is 1. The predicted octanol–water partition coefficient (Wildman–Crippen LogP) is 7.39. The van der Waals surface area contributed by atoms with Crippen LogP contribution in [0.4, 0.5) is 23.7 Å². The summed E-state index contributed by atoms with van der Waals surface area (Å²) in [7, 11) is 0.775. The van der Waals surface area contributed by atoms with Gasteiger partial charge in [0.15, 0.2) is 0 Å². The van der Waals surface area contributed by atoms with Crippen molar-refractivity contribution >= 4 is 29.1 Å². The molecule has 1 fully saturated rings. The quantitative estimate of drug-likeness (QED) is 0.208. The minimum absolute atomic E-state index is 0.0842. The lowest BCUT2D eigenvalue weighted by atomic mass is 9.98. The van der Waals surface area contributed by atoms with E-state index in [2.05, 4.69) is 36.5 Å². The molecular formula is C37H40F3N6O5. The molecule has 1 unspecified atom stereocenters. The van der Waals surface area contributed by atoms with Crippen molar-refractivity contribution in [2.24, 2.45) is 16.1 Å². The number of aryl methyl sites for hydroxylation is 1. The topological polar surface area (TPSA) is 132 Å². The van der Waals surface area contributed by atoms with Gasteiger partial charge >= 0.3 is 17.9 Å². The van der Waals surface area contributed by atoms with Gasteiger partial charge in [0, 0.05) is 31.2 Å². The van der Waals surface area contributed by atoms with Gasteiger partial charge in [0.05, 0.1) is 23.9 Å². The third-order valence-electron chi connectivity index (χ3n) is 8.77. The second-order valence-corrected chi connectivity index (χ2v) is 14.0. The summed E-state index contributed by atoms with van der Waals surface area (Å²) in [5.41, 5.74) is 5.23. The molecule has 14 heteroatoms. The maximum atomic E-state index is 15.2. The fourth-order valence-corrected chi connectivity index (χ4v) is 5.77. The first-order valence-corrected chi connectivity index (χ1v) is 16.8. The summed E-state index contributed by atoms with van der Waals surface area (Å²) in [5.74, 6) is -7.81. The molecule has 2 amide bonds. The van der Waals surface area contributed by atoms with Gasteiger partial charge in [-0.25, -0.2) is 4.79 Å². The Bertz CT molecular complexity index is 1920. The van der Waals surface area contributed by atoms with E-state index in [9.17, 15) is 18.4 Å². The van der Waals surface area contributed by atoms with Gasteiger partial charge < -0.3 is 24.1 Å². The number of hydrogen-bond acceptors (Lipinski definition) is 9. The van der Waals surface area contributed by atoms with Gasteiger partial charge in [-0.1, -0.05) is 43.3 Å². The Balaban J connectivity index is 1.32. The minimum atomic E-state index is -3.99. The number of rotatable bonds is 12. The van der Waals surface area contributed by atoms with E-state index in [4.69, 9.17) is 9.15 Å². The Labute approximate surface area is 294 Å². The van der Waals surface area contributed by atoms with Crippen LogP contribution in [0.5, 0.6) is 0 Å². The van der Waals surface area contributed by atoms with E-state index in [1.807, 2.05) is 24.3 Å². The molecule has 3 aliphatic rings. The normalized spacial score (nSPS) is 17.7. The van der Waals surface area contributed by atoms with Gasteiger partial charge in [-0.05, 0) is 81.4 Å². The molecule has 1 N–H and O–H groups in total. The number of aromatic nitrogens is 2. The van der Waals surface area contributed by atoms with Crippen molar-refractivity contribution in [1.82, 2.24) is 15.5 Å². The van der Waals surface area contributed by atoms with E-state index < -0.39 is 41.3 Å². The maximum Gasteiger partial charge on any atom is 0.408 e. The number of benzene rings is 2. The van der Waals surface area contributed by atoms with Crippen LogP contribution < -0.4 is 10.2 Å². The SMILES string of the molecule is CC[C@H](NC(=O)OC(C)(C)C)C(=O)N(Cc1ccc(C2=NN=C(C3CC3)C3=C[C]32)cc1)c1cc(-c2nnc(C(F)(OC)C(C)(F)F)o2)ccc1C. The highest BCUT2D eigenvalue weighted by atomic mass is 19.3. The van der Waals surface area contributed by atoms with Gasteiger partial charge in [-0.15, -0.1) is 10.2 Å². The minimum Gasteiger partial charge on any atom is -0.444 e. The lowest BCUT2D eigenvalue weighted by molar-refractivity contribution is -0.278. The van der Waals surface area contributed by atoms with Crippen molar-refractivity contribution in [3.05, 3.63) is 82.6 Å². The van der Waals surface area contributed by atoms with Crippen molar-refractivity contribution < 1.29 is 36.7 Å². The van der Waals surface area contributed by atoms with E-state index in [-0.39, 0.29) is 24.4 Å². The van der Waals surface area contributed by atoms with Gasteiger partial charge in [0.25, 0.3) is 5.89 Å². The Morgan fingerprint density at radius 1 is 1.02 bits per heavy atom. The molecule has 0 spiro atoms. The zero-order valence-electron chi connectivity index (χ0n) is 29.5. The number of nitrogens with one attached hydrogen (secondary N) is 1. The Morgan fingerprint density at radius 2 is 1.71 bits per heavy atom. The van der Waals surface area contributed by atoms with Crippen molar-refractivity contribution in [1.29, 1.82) is 0 Å². The molecule has 269 valence electrons. The molecule has 0 saturated heterocycles. The molecule has 51 heavy (non-hydrogen) atoms. The fourth-order valence-electron chi connectivity index (χ4n) is 5.77. The third-order valence-corrected chi connectivity index (χ3v) is 8.77. The number of fused-ring (bicyclic) bond motifs is 1. The van der Waals surface area contributed by atoms with Gasteiger partial charge in [0.1, 0.15) is 11.6 Å². The molecule has 1 aromatic heterocycles. The number of anilines is 1. The van der Waals surface area contributed by atoms with E-state index >= 15 is 4.39 Å². The molecule has 2 aromatic carbocycles. The summed E-state index contributed by atoms with van der Waals surface area (Å²) in [6.45, 7) is 9.14. The fraction of sp³-hybridized carbons (Fsp3) is 0.432. The van der Waals surface area contributed by atoms with Crippen molar-refractivity contribution in [2.45, 2.75) is 90.8 Å². The maximum absolute atomic E-state index is 15.2. The summed E-state index contributed by atoms with van der Waals surface area (Å²) in [5, 5.41) is 19.0. The average Bonchev–Trinajstić information content (AvgIpc) is 4.01. The van der Waals surface area contributed by atoms with Crippen molar-refractivity contribution in [3.63, 3.8) is 0 Å². The number of methoxy groups -OCH3 is 1. The molecule has 1 saturated carbocycles. The van der Waals surface area contributed by atoms with E-state index in [0.717, 1.165) is 48.4 Å². The largest absolute Gasteiger partial charge is 0.444 e. The molecule has 2 heterocycles. The monoisotopic (exact) mass is 705 g/mol. The highest BCUT2D eigenvalue weighted by Gasteiger charge is 2.58. The van der Waals surface area contributed by atoms with Crippen LogP contribution in [0.2, 0.25) is 0 Å². The third kappa shape index (κ3) is 7.46. The summed E-state index contributed by atoms with van der Waals surface area (Å²) in [4.78, 5) is 28.6. The van der Waals surface area contributed by atoms with E-state index in [1.54, 1.807) is 52.8 Å². The summed E-state index contributed by atoms with van der Waals surface area (Å²) < 4.78 is 58.7. The highest BCUT2D eigenvalue weighted by molar-refractivity contribution is 6.29. The number of alkyl halides is 3. The van der Waals surface area contributed by atoms with Gasteiger partial charge in [0.2, 0.25) is 11.8 Å². The van der Waals surface area contributed by atoms with Crippen LogP contribution in [-0.4, -0.2) is 58.3 Å². The number of carbonyl (C=O) groups is 2. The molecule has 1 aliphatic heterocycles. The zero-order valence-corrected chi connectivity index (χ0v) is 29.5. The lowest BCUT2D eigenvalue weighted by Crippen LogP contribution is -2.49. The van der Waals surface area contributed by atoms with Crippen LogP contribution in [0.25, 0.3) is 11.5 Å². The van der Waals surface area contributed by atoms with E-state index in [1.165, 1.54) is 10.5 Å². The van der Waals surface area contributed by atoms with Gasteiger partial charge in [-0.2, -0.15) is 23.4 Å². The standard InChI is InChI=1S/C37H40F3N6O5/c1-8-27(41-34(48)51-35(3,4)5)32(47)46(19-21-10-13-22(14-11-21)29-25-18-26(25)30(43-42-29)23-15-16-23)28-17-24(12-9-20(28)2)31-44-45-33(50-31)37(40,49-7)36(6,38)39/h9-14,17-18,23,27H,8,15-16,19H2,1-7H3,(H,41,48)/t27-,37?/m0/s1. The summed E-state index contributed by atoms with van der Waals surface area (Å²) in [6.07, 6.45) is 3.90. The molecule has 11 nitrogen and oxygen atoms in total. The Morgan fingerprint density at radius 3 is 2.31 bits per heavy atom. The van der Waals surface area contributed by atoms with Crippen LogP contribution in [0.1, 0.15) is 76.5 Å². The van der Waals surface area contributed by atoms with Crippen LogP contribution in [0.3, 0.4) is 0 Å². The highest BCUT2D eigenvalue weighted by Crippen LogP contribution is 2.46. The Hall–Kier alpha value is -4.85. The molecule has 2 aliphatic carbocycles. The van der Waals surface area contributed by atoms with E-state index in [0.29, 0.717) is 24.1 Å². The van der Waals surface area contributed by atoms with Crippen LogP contribution in [0.15, 0.2) is 68.7 Å². The second-order valence-electron chi connectivity index (χ2n) is 14.0. The molecule has 1 radical (unpaired) electrons. The second kappa shape index (κ2) is 13.4. The predicted molar refractivity (Wildman–Crippen MR) is 184 cm³/mol. The average molecular weight is 706 g/mol. The Kier molecular flexibility index (Phi) is 9.42. The first-order chi connectivity index (χ1) is 24.0. The number of carbonyl (C=O) groups excluding carboxylic acids is 2. The van der Waals surface area contributed by atoms with Crippen LogP contribution >= 0.6 is 0 Å². The van der Waals surface area contributed by atoms with Crippen LogP contribution in [0, 0.1) is 18.8 Å². The number of halogens is 3. The van der Waals surface area contributed by atoms with Crippen molar-refractivity contribution in [3.8, 4) is 11.5 Å². The molecule has 0 bridgehead atoms.